The highest BCUT2D eigenvalue weighted by Crippen LogP contribution is 2.64. The number of fused-ring (bicyclic) bond motifs is 1. The summed E-state index contributed by atoms with van der Waals surface area (Å²) in [6.45, 7) is 14.4. The Labute approximate surface area is 248 Å². The number of hydrogen-bond donors (Lipinski definition) is 2. The molecule has 216 valence electrons. The summed E-state index contributed by atoms with van der Waals surface area (Å²) in [6.07, 6.45) is 0. The van der Waals surface area contributed by atoms with Gasteiger partial charge >= 0.3 is 0 Å². The summed E-state index contributed by atoms with van der Waals surface area (Å²) in [6, 6.07) is 32.5. The summed E-state index contributed by atoms with van der Waals surface area (Å²) in [5.41, 5.74) is 3.55. The van der Waals surface area contributed by atoms with Gasteiger partial charge in [-0.05, 0) is 75.6 Å². The Kier molecular flexibility index (Phi) is 8.71. The molecule has 2 atom stereocenters. The van der Waals surface area contributed by atoms with Crippen molar-refractivity contribution in [2.24, 2.45) is 0 Å². The number of benzene rings is 4. The van der Waals surface area contributed by atoms with Crippen LogP contribution in [0.25, 0.3) is 0 Å². The first kappa shape index (κ1) is 29.1. The van der Waals surface area contributed by atoms with Crippen molar-refractivity contribution in [2.45, 2.75) is 80.0 Å². The summed E-state index contributed by atoms with van der Waals surface area (Å²) in [5, 5.41) is 9.92. The fourth-order valence-corrected chi connectivity index (χ4v) is 14.1. The monoisotopic (exact) mass is 586 g/mol. The lowest BCUT2D eigenvalue weighted by molar-refractivity contribution is 0.287. The van der Waals surface area contributed by atoms with E-state index in [0.29, 0.717) is 23.2 Å². The smallest absolute Gasteiger partial charge is 0.258 e. The summed E-state index contributed by atoms with van der Waals surface area (Å²) in [7, 11) is -2.90. The van der Waals surface area contributed by atoms with Crippen LogP contribution in [-0.4, -0.2) is 13.4 Å². The molecule has 0 aromatic heterocycles. The average molecular weight is 587 g/mol. The van der Waals surface area contributed by atoms with Gasteiger partial charge in [0.1, 0.15) is 29.6 Å². The minimum atomic E-state index is -2.04. The third-order valence-electron chi connectivity index (χ3n) is 8.21. The maximum absolute atomic E-state index is 9.92. The number of hydrogen-bond acceptors (Lipinski definition) is 4. The number of rotatable bonds is 10. The summed E-state index contributed by atoms with van der Waals surface area (Å²) in [5.74, 6) is 2.85. The van der Waals surface area contributed by atoms with E-state index in [1.54, 1.807) is 12.1 Å². The largest absolute Gasteiger partial charge is 0.543 e. The van der Waals surface area contributed by atoms with Crippen molar-refractivity contribution in [1.82, 2.24) is 0 Å². The Hall–Kier alpha value is -3.35. The van der Waals surface area contributed by atoms with Gasteiger partial charge in [-0.2, -0.15) is 10.9 Å². The van der Waals surface area contributed by atoms with Crippen LogP contribution in [-0.2, 0) is 6.61 Å². The van der Waals surface area contributed by atoms with E-state index in [4.69, 9.17) is 13.9 Å². The van der Waals surface area contributed by atoms with Gasteiger partial charge in [0.15, 0.2) is 5.44 Å². The van der Waals surface area contributed by atoms with Crippen LogP contribution in [0, 0.1) is 0 Å². The molecule has 0 spiro atoms. The maximum atomic E-state index is 9.92. The van der Waals surface area contributed by atoms with Crippen LogP contribution < -0.4 is 13.9 Å². The first-order chi connectivity index (χ1) is 19.7. The van der Waals surface area contributed by atoms with Crippen molar-refractivity contribution in [3.8, 4) is 23.0 Å². The van der Waals surface area contributed by atoms with E-state index in [2.05, 4.69) is 84.0 Å². The molecule has 1 unspecified atom stereocenters. The molecule has 0 saturated heterocycles. The molecule has 4 aromatic carbocycles. The minimum absolute atomic E-state index is 0.160. The van der Waals surface area contributed by atoms with Gasteiger partial charge in [-0.25, -0.2) is 0 Å². The van der Waals surface area contributed by atoms with E-state index in [0.717, 1.165) is 28.4 Å². The van der Waals surface area contributed by atoms with Crippen LogP contribution in [0.15, 0.2) is 107 Å². The number of aromatic hydroxyl groups is 1. The first-order valence-electron chi connectivity index (χ1n) is 14.5. The van der Waals surface area contributed by atoms with Crippen molar-refractivity contribution in [3.05, 3.63) is 108 Å². The molecule has 0 saturated carbocycles. The van der Waals surface area contributed by atoms with Gasteiger partial charge in [0.2, 0.25) is 0 Å². The Balaban J connectivity index is 1.45. The minimum Gasteiger partial charge on any atom is -0.543 e. The molecule has 5 rings (SSSR count). The van der Waals surface area contributed by atoms with Gasteiger partial charge < -0.3 is 19.0 Å². The molecule has 0 radical (unpaired) electrons. The third-order valence-corrected chi connectivity index (χ3v) is 16.8. The van der Waals surface area contributed by atoms with Gasteiger partial charge in [0.05, 0.1) is 0 Å². The second-order valence-electron chi connectivity index (χ2n) is 11.7. The van der Waals surface area contributed by atoms with Crippen LogP contribution in [0.3, 0.4) is 0 Å². The summed E-state index contributed by atoms with van der Waals surface area (Å²) < 4.78 is 19.7. The van der Waals surface area contributed by atoms with Crippen LogP contribution in [0.2, 0.25) is 16.6 Å². The molecule has 1 heterocycles. The van der Waals surface area contributed by atoms with Crippen LogP contribution in [0.4, 0.5) is 0 Å². The SMILES string of the molecule is CC(C)[Si](Oc1ccc([SH]2c3ccc(OCc4ccccc4)cc3O[C@@H]2c2ccc(O)cc2)cc1)(C(C)C)C(C)C. The molecule has 1 aliphatic rings. The zero-order valence-electron chi connectivity index (χ0n) is 24.9. The summed E-state index contributed by atoms with van der Waals surface area (Å²) in [4.78, 5) is 2.42. The van der Waals surface area contributed by atoms with Gasteiger partial charge in [0, 0.05) is 16.5 Å². The van der Waals surface area contributed by atoms with Crippen molar-refractivity contribution in [2.75, 3.05) is 0 Å². The van der Waals surface area contributed by atoms with Crippen LogP contribution in [0.1, 0.15) is 58.1 Å². The molecule has 0 aliphatic carbocycles. The molecule has 4 aromatic rings. The second-order valence-corrected chi connectivity index (χ2v) is 19.3. The Bertz CT molecular complexity index is 1410. The highest BCUT2D eigenvalue weighted by molar-refractivity contribution is 8.17. The fourth-order valence-electron chi connectivity index (χ4n) is 6.28. The summed E-state index contributed by atoms with van der Waals surface area (Å²) >= 11 is 0. The zero-order chi connectivity index (χ0) is 29.1. The van der Waals surface area contributed by atoms with Gasteiger partial charge in [0.25, 0.3) is 8.32 Å². The fraction of sp³-hybridized carbons (Fsp3) is 0.314. The average Bonchev–Trinajstić information content (AvgIpc) is 3.34. The van der Waals surface area contributed by atoms with Crippen LogP contribution >= 0.6 is 10.9 Å². The van der Waals surface area contributed by atoms with E-state index >= 15 is 0 Å². The molecule has 0 fully saturated rings. The molecule has 0 amide bonds. The molecule has 6 heteroatoms. The predicted octanol–water partition coefficient (Wildman–Crippen LogP) is 10.0. The molecule has 4 nitrogen and oxygen atoms in total. The normalized spacial score (nSPS) is 17.5. The van der Waals surface area contributed by atoms with Crippen molar-refractivity contribution < 1.29 is 19.0 Å². The highest BCUT2D eigenvalue weighted by atomic mass is 32.2. The number of phenols is 1. The van der Waals surface area contributed by atoms with Gasteiger partial charge in [-0.3, -0.25) is 0 Å². The quantitative estimate of drug-likeness (QED) is 0.143. The molecule has 41 heavy (non-hydrogen) atoms. The molecule has 0 bridgehead atoms. The van der Waals surface area contributed by atoms with Crippen molar-refractivity contribution >= 4 is 19.2 Å². The first-order valence-corrected chi connectivity index (χ1v) is 18.1. The Morgan fingerprint density at radius 1 is 0.756 bits per heavy atom. The molecular weight excluding hydrogens is 545 g/mol. The Morgan fingerprint density at radius 2 is 1.37 bits per heavy atom. The number of thiol groups is 1. The number of phenolic OH excluding ortho intramolecular Hbond substituents is 1. The van der Waals surface area contributed by atoms with Crippen LogP contribution in [0.5, 0.6) is 23.0 Å². The third kappa shape index (κ3) is 6.00. The Morgan fingerprint density at radius 3 is 1.98 bits per heavy atom. The van der Waals surface area contributed by atoms with E-state index in [-0.39, 0.29) is 11.2 Å². The molecular formula is C35H42O4SSi. The maximum Gasteiger partial charge on any atom is 0.258 e. The van der Waals surface area contributed by atoms with E-state index in [1.807, 2.05) is 42.5 Å². The zero-order valence-corrected chi connectivity index (χ0v) is 26.8. The van der Waals surface area contributed by atoms with Gasteiger partial charge in [-0.15, -0.1) is 0 Å². The lowest BCUT2D eigenvalue weighted by Gasteiger charge is -2.42. The topological polar surface area (TPSA) is 47.9 Å². The number of ether oxygens (including phenoxy) is 2. The van der Waals surface area contributed by atoms with E-state index < -0.39 is 19.2 Å². The predicted molar refractivity (Wildman–Crippen MR) is 172 cm³/mol. The lowest BCUT2D eigenvalue weighted by atomic mass is 10.2. The molecule has 1 N–H and O–H groups in total. The second kappa shape index (κ2) is 12.3. The molecule has 1 aliphatic heterocycles. The lowest BCUT2D eigenvalue weighted by Crippen LogP contribution is -2.50. The van der Waals surface area contributed by atoms with Crippen molar-refractivity contribution in [3.63, 3.8) is 0 Å². The highest BCUT2D eigenvalue weighted by Gasteiger charge is 2.47. The van der Waals surface area contributed by atoms with E-state index in [9.17, 15) is 5.11 Å². The van der Waals surface area contributed by atoms with Gasteiger partial charge in [-0.1, -0.05) is 84.0 Å². The van der Waals surface area contributed by atoms with Crippen molar-refractivity contribution in [1.29, 1.82) is 0 Å². The standard InChI is InChI=1S/C35H42O4SSi/c1-24(2)41(25(3)4,26(5)6)39-30-16-19-32(20-17-30)40-34-21-18-31(37-23-27-10-8-7-9-11-27)22-33(34)38-35(40)28-12-14-29(36)15-13-28/h7-22,24-26,35-36,40H,23H2,1-6H3/t35-/m0/s1. The van der Waals surface area contributed by atoms with E-state index in [1.165, 1.54) is 9.79 Å².